The molecule has 0 atom stereocenters. The molecule has 72 valence electrons. The summed E-state index contributed by atoms with van der Waals surface area (Å²) in [5.41, 5.74) is 1.15. The van der Waals surface area contributed by atoms with Gasteiger partial charge >= 0.3 is 0 Å². The zero-order chi connectivity index (χ0) is 9.68. The molecule has 0 aliphatic heterocycles. The highest BCUT2D eigenvalue weighted by atomic mass is 16.5. The van der Waals surface area contributed by atoms with E-state index in [2.05, 4.69) is 0 Å². The summed E-state index contributed by atoms with van der Waals surface area (Å²) in [6.45, 7) is 4.70. The second-order valence-corrected chi connectivity index (χ2v) is 3.21. The van der Waals surface area contributed by atoms with Crippen molar-refractivity contribution in [2.24, 2.45) is 0 Å². The molecule has 0 aliphatic rings. The average Bonchev–Trinajstić information content (AvgIpc) is 2.15. The first kappa shape index (κ1) is 10.1. The molecule has 0 amide bonds. The molecular weight excluding hydrogens is 164 g/mol. The van der Waals surface area contributed by atoms with E-state index in [1.165, 1.54) is 0 Å². The smallest absolute Gasteiger partial charge is 0.119 e. The third-order valence-electron chi connectivity index (χ3n) is 1.72. The van der Waals surface area contributed by atoms with Crippen LogP contribution in [0.2, 0.25) is 0 Å². The fourth-order valence-corrected chi connectivity index (χ4v) is 1.03. The summed E-state index contributed by atoms with van der Waals surface area (Å²) in [6.07, 6.45) is 0.270. The number of hydrogen-bond donors (Lipinski definition) is 0. The Labute approximate surface area is 79.5 Å². The Balaban J connectivity index is 2.56. The van der Waals surface area contributed by atoms with E-state index in [9.17, 15) is 0 Å². The van der Waals surface area contributed by atoms with Crippen molar-refractivity contribution < 1.29 is 9.47 Å². The van der Waals surface area contributed by atoms with Crippen LogP contribution in [0.4, 0.5) is 0 Å². The molecule has 0 heterocycles. The van der Waals surface area contributed by atoms with E-state index in [0.29, 0.717) is 6.61 Å². The molecule has 2 heteroatoms. The standard InChI is InChI=1S/C11H16O2/c1-9(2)13-8-10-5-4-6-11(7-10)12-3/h4-7,9H,8H2,1-3H3. The van der Waals surface area contributed by atoms with Gasteiger partial charge in [-0.25, -0.2) is 0 Å². The summed E-state index contributed by atoms with van der Waals surface area (Å²) >= 11 is 0. The van der Waals surface area contributed by atoms with E-state index in [0.717, 1.165) is 11.3 Å². The summed E-state index contributed by atoms with van der Waals surface area (Å²) in [7, 11) is 1.67. The number of methoxy groups -OCH3 is 1. The second-order valence-electron chi connectivity index (χ2n) is 3.21. The van der Waals surface area contributed by atoms with Crippen molar-refractivity contribution in [3.05, 3.63) is 29.8 Å². The van der Waals surface area contributed by atoms with Gasteiger partial charge in [-0.05, 0) is 31.5 Å². The summed E-state index contributed by atoms with van der Waals surface area (Å²) < 4.78 is 10.6. The minimum absolute atomic E-state index is 0.270. The first-order chi connectivity index (χ1) is 6.22. The molecule has 1 aromatic carbocycles. The van der Waals surface area contributed by atoms with Gasteiger partial charge in [0.1, 0.15) is 5.75 Å². The normalized spacial score (nSPS) is 10.5. The highest BCUT2D eigenvalue weighted by Crippen LogP contribution is 2.13. The van der Waals surface area contributed by atoms with Crippen LogP contribution < -0.4 is 4.74 Å². The molecule has 1 aromatic rings. The van der Waals surface area contributed by atoms with Crippen LogP contribution in [0, 0.1) is 0 Å². The van der Waals surface area contributed by atoms with Crippen LogP contribution >= 0.6 is 0 Å². The Kier molecular flexibility index (Phi) is 3.77. The van der Waals surface area contributed by atoms with Gasteiger partial charge in [0.2, 0.25) is 0 Å². The zero-order valence-corrected chi connectivity index (χ0v) is 8.41. The lowest BCUT2D eigenvalue weighted by atomic mass is 10.2. The Morgan fingerprint density at radius 2 is 2.08 bits per heavy atom. The second kappa shape index (κ2) is 4.87. The van der Waals surface area contributed by atoms with E-state index in [1.807, 2.05) is 38.1 Å². The van der Waals surface area contributed by atoms with Crippen molar-refractivity contribution >= 4 is 0 Å². The number of rotatable bonds is 4. The molecule has 0 saturated heterocycles. The van der Waals surface area contributed by atoms with Crippen molar-refractivity contribution in [3.63, 3.8) is 0 Å². The Morgan fingerprint density at radius 3 is 2.69 bits per heavy atom. The fourth-order valence-electron chi connectivity index (χ4n) is 1.03. The lowest BCUT2D eigenvalue weighted by Crippen LogP contribution is -2.02. The van der Waals surface area contributed by atoms with Crippen LogP contribution in [0.25, 0.3) is 0 Å². The van der Waals surface area contributed by atoms with Crippen LogP contribution in [0.3, 0.4) is 0 Å². The molecule has 0 aliphatic carbocycles. The van der Waals surface area contributed by atoms with Crippen molar-refractivity contribution in [1.29, 1.82) is 0 Å². The highest BCUT2D eigenvalue weighted by Gasteiger charge is 1.97. The van der Waals surface area contributed by atoms with Crippen molar-refractivity contribution in [2.45, 2.75) is 26.6 Å². The molecule has 0 unspecified atom stereocenters. The van der Waals surface area contributed by atoms with E-state index in [-0.39, 0.29) is 6.10 Å². The van der Waals surface area contributed by atoms with Gasteiger partial charge < -0.3 is 9.47 Å². The fraction of sp³-hybridized carbons (Fsp3) is 0.455. The quantitative estimate of drug-likeness (QED) is 0.709. The van der Waals surface area contributed by atoms with Gasteiger partial charge in [0.15, 0.2) is 0 Å². The van der Waals surface area contributed by atoms with Crippen molar-refractivity contribution in [1.82, 2.24) is 0 Å². The largest absolute Gasteiger partial charge is 0.497 e. The Bertz CT molecular complexity index is 256. The van der Waals surface area contributed by atoms with E-state index >= 15 is 0 Å². The SMILES string of the molecule is COc1cccc(COC(C)C)c1. The lowest BCUT2D eigenvalue weighted by molar-refractivity contribution is 0.0656. The molecule has 1 rings (SSSR count). The van der Waals surface area contributed by atoms with Gasteiger partial charge in [0, 0.05) is 0 Å². The van der Waals surface area contributed by atoms with E-state index in [1.54, 1.807) is 7.11 Å². The minimum atomic E-state index is 0.270. The van der Waals surface area contributed by atoms with E-state index in [4.69, 9.17) is 9.47 Å². The first-order valence-corrected chi connectivity index (χ1v) is 4.47. The highest BCUT2D eigenvalue weighted by molar-refractivity contribution is 5.27. The molecule has 0 saturated carbocycles. The van der Waals surface area contributed by atoms with Gasteiger partial charge in [-0.1, -0.05) is 12.1 Å². The van der Waals surface area contributed by atoms with Crippen LogP contribution in [-0.2, 0) is 11.3 Å². The molecule has 0 bridgehead atoms. The summed E-state index contributed by atoms with van der Waals surface area (Å²) in [5.74, 6) is 0.879. The lowest BCUT2D eigenvalue weighted by Gasteiger charge is -2.08. The molecule has 0 radical (unpaired) electrons. The molecular formula is C11H16O2. The summed E-state index contributed by atoms with van der Waals surface area (Å²) in [4.78, 5) is 0. The third-order valence-corrected chi connectivity index (χ3v) is 1.72. The monoisotopic (exact) mass is 180 g/mol. The Hall–Kier alpha value is -1.02. The van der Waals surface area contributed by atoms with Gasteiger partial charge in [0.25, 0.3) is 0 Å². The van der Waals surface area contributed by atoms with Crippen LogP contribution in [0.15, 0.2) is 24.3 Å². The topological polar surface area (TPSA) is 18.5 Å². The van der Waals surface area contributed by atoms with Gasteiger partial charge in [-0.2, -0.15) is 0 Å². The minimum Gasteiger partial charge on any atom is -0.497 e. The van der Waals surface area contributed by atoms with Crippen molar-refractivity contribution in [3.8, 4) is 5.75 Å². The van der Waals surface area contributed by atoms with Gasteiger partial charge in [-0.3, -0.25) is 0 Å². The molecule has 13 heavy (non-hydrogen) atoms. The van der Waals surface area contributed by atoms with E-state index < -0.39 is 0 Å². The molecule has 0 aromatic heterocycles. The molecule has 0 fully saturated rings. The van der Waals surface area contributed by atoms with Crippen LogP contribution in [0.1, 0.15) is 19.4 Å². The first-order valence-electron chi connectivity index (χ1n) is 4.47. The Morgan fingerprint density at radius 1 is 1.31 bits per heavy atom. The summed E-state index contributed by atoms with van der Waals surface area (Å²) in [5, 5.41) is 0. The van der Waals surface area contributed by atoms with Crippen LogP contribution in [-0.4, -0.2) is 13.2 Å². The number of benzene rings is 1. The number of hydrogen-bond acceptors (Lipinski definition) is 2. The molecule has 0 N–H and O–H groups in total. The van der Waals surface area contributed by atoms with Crippen LogP contribution in [0.5, 0.6) is 5.75 Å². The zero-order valence-electron chi connectivity index (χ0n) is 8.41. The molecule has 0 spiro atoms. The van der Waals surface area contributed by atoms with Gasteiger partial charge in [0.05, 0.1) is 19.8 Å². The maximum atomic E-state index is 5.47. The average molecular weight is 180 g/mol. The van der Waals surface area contributed by atoms with Gasteiger partial charge in [-0.15, -0.1) is 0 Å². The number of ether oxygens (including phenoxy) is 2. The predicted molar refractivity (Wildman–Crippen MR) is 52.9 cm³/mol. The third kappa shape index (κ3) is 3.47. The van der Waals surface area contributed by atoms with Crippen molar-refractivity contribution in [2.75, 3.05) is 7.11 Å². The maximum absolute atomic E-state index is 5.47. The predicted octanol–water partition coefficient (Wildman–Crippen LogP) is 2.62. The molecule has 2 nitrogen and oxygen atoms in total. The maximum Gasteiger partial charge on any atom is 0.119 e. The summed E-state index contributed by atoms with van der Waals surface area (Å²) in [6, 6.07) is 7.92.